The van der Waals surface area contributed by atoms with Crippen molar-refractivity contribution in [1.82, 2.24) is 19.8 Å². The minimum Gasteiger partial charge on any atom is -0.360 e. The first kappa shape index (κ1) is 14.8. The minimum absolute atomic E-state index is 0.0293. The van der Waals surface area contributed by atoms with E-state index in [4.69, 9.17) is 4.52 Å². The molecule has 3 rings (SSSR count). The van der Waals surface area contributed by atoms with Crippen molar-refractivity contribution in [3.8, 4) is 0 Å². The fourth-order valence-corrected chi connectivity index (χ4v) is 2.90. The Morgan fingerprint density at radius 1 is 1.41 bits per heavy atom. The molecular formula is C16H22N4O2. The summed E-state index contributed by atoms with van der Waals surface area (Å²) in [6, 6.07) is 3.78. The van der Waals surface area contributed by atoms with Gasteiger partial charge in [-0.3, -0.25) is 9.48 Å². The Morgan fingerprint density at radius 3 is 2.86 bits per heavy atom. The van der Waals surface area contributed by atoms with Crippen LogP contribution in [0.4, 0.5) is 0 Å². The lowest BCUT2D eigenvalue weighted by Crippen LogP contribution is -2.38. The van der Waals surface area contributed by atoms with Crippen LogP contribution < -0.4 is 0 Å². The van der Waals surface area contributed by atoms with Crippen molar-refractivity contribution in [2.45, 2.75) is 45.1 Å². The summed E-state index contributed by atoms with van der Waals surface area (Å²) in [7, 11) is 1.89. The molecule has 6 nitrogen and oxygen atoms in total. The average Bonchev–Trinajstić information content (AvgIpc) is 3.15. The Hall–Kier alpha value is -2.11. The number of nitrogens with zero attached hydrogens (tertiary/aromatic N) is 4. The van der Waals surface area contributed by atoms with E-state index in [9.17, 15) is 4.79 Å². The molecule has 1 amide bonds. The molecule has 0 saturated carbocycles. The van der Waals surface area contributed by atoms with Gasteiger partial charge in [-0.2, -0.15) is 5.10 Å². The monoisotopic (exact) mass is 302 g/mol. The fraction of sp³-hybridized carbons (Fsp3) is 0.562. The first-order valence-corrected chi connectivity index (χ1v) is 7.83. The van der Waals surface area contributed by atoms with Gasteiger partial charge in [0.05, 0.1) is 11.7 Å². The number of aromatic nitrogens is 3. The zero-order valence-corrected chi connectivity index (χ0v) is 13.3. The number of piperidine rings is 1. The molecule has 1 aliphatic rings. The van der Waals surface area contributed by atoms with Crippen molar-refractivity contribution in [3.63, 3.8) is 0 Å². The molecule has 3 heterocycles. The molecule has 2 aromatic rings. The van der Waals surface area contributed by atoms with Gasteiger partial charge < -0.3 is 9.42 Å². The van der Waals surface area contributed by atoms with E-state index in [1.807, 2.05) is 38.1 Å². The van der Waals surface area contributed by atoms with E-state index in [0.717, 1.165) is 37.3 Å². The number of hydrogen-bond donors (Lipinski definition) is 0. The second-order valence-electron chi connectivity index (χ2n) is 6.19. The molecule has 0 aliphatic carbocycles. The first-order valence-electron chi connectivity index (χ1n) is 7.83. The maximum atomic E-state index is 12.8. The van der Waals surface area contributed by atoms with Crippen molar-refractivity contribution in [3.05, 3.63) is 35.5 Å². The molecule has 6 heteroatoms. The van der Waals surface area contributed by atoms with Gasteiger partial charge in [0.25, 0.3) is 5.91 Å². The van der Waals surface area contributed by atoms with E-state index >= 15 is 0 Å². The maximum absolute atomic E-state index is 12.8. The third-order valence-corrected chi connectivity index (χ3v) is 4.16. The minimum atomic E-state index is -0.0639. The van der Waals surface area contributed by atoms with E-state index in [2.05, 4.69) is 10.3 Å². The highest BCUT2D eigenvalue weighted by atomic mass is 16.5. The van der Waals surface area contributed by atoms with E-state index in [1.165, 1.54) is 0 Å². The normalized spacial score (nSPS) is 18.9. The molecule has 0 radical (unpaired) electrons. The van der Waals surface area contributed by atoms with Gasteiger partial charge in [0.1, 0.15) is 5.76 Å². The SMILES string of the molecule is CC(C)c1cc(C(=O)N2CCCCC2c2ccn(C)n2)no1. The smallest absolute Gasteiger partial charge is 0.276 e. The zero-order chi connectivity index (χ0) is 15.7. The van der Waals surface area contributed by atoms with Gasteiger partial charge in [0, 0.05) is 31.8 Å². The van der Waals surface area contributed by atoms with Gasteiger partial charge in [-0.1, -0.05) is 19.0 Å². The third-order valence-electron chi connectivity index (χ3n) is 4.16. The van der Waals surface area contributed by atoms with Gasteiger partial charge >= 0.3 is 0 Å². The molecule has 0 aromatic carbocycles. The molecule has 0 N–H and O–H groups in total. The van der Waals surface area contributed by atoms with Crippen molar-refractivity contribution >= 4 is 5.91 Å². The average molecular weight is 302 g/mol. The van der Waals surface area contributed by atoms with Gasteiger partial charge in [-0.25, -0.2) is 0 Å². The summed E-state index contributed by atoms with van der Waals surface area (Å²) in [5.74, 6) is 0.905. The lowest BCUT2D eigenvalue weighted by molar-refractivity contribution is 0.0594. The molecule has 1 unspecified atom stereocenters. The van der Waals surface area contributed by atoms with E-state index in [1.54, 1.807) is 10.7 Å². The van der Waals surface area contributed by atoms with Crippen molar-refractivity contribution in [2.24, 2.45) is 7.05 Å². The maximum Gasteiger partial charge on any atom is 0.276 e. The van der Waals surface area contributed by atoms with Crippen LogP contribution >= 0.6 is 0 Å². The Labute approximate surface area is 130 Å². The molecule has 1 saturated heterocycles. The summed E-state index contributed by atoms with van der Waals surface area (Å²) >= 11 is 0. The Bertz CT molecular complexity index is 659. The van der Waals surface area contributed by atoms with Gasteiger partial charge in [-0.05, 0) is 25.3 Å². The summed E-state index contributed by atoms with van der Waals surface area (Å²) in [6.07, 6.45) is 4.99. The summed E-state index contributed by atoms with van der Waals surface area (Å²) in [6.45, 7) is 4.78. The van der Waals surface area contributed by atoms with Gasteiger partial charge in [-0.15, -0.1) is 0 Å². The van der Waals surface area contributed by atoms with Crippen LogP contribution in [0, 0.1) is 0 Å². The van der Waals surface area contributed by atoms with E-state index in [0.29, 0.717) is 5.69 Å². The van der Waals surface area contributed by atoms with Crippen LogP contribution in [0.15, 0.2) is 22.9 Å². The van der Waals surface area contributed by atoms with Crippen LogP contribution in [0.3, 0.4) is 0 Å². The largest absolute Gasteiger partial charge is 0.360 e. The summed E-state index contributed by atoms with van der Waals surface area (Å²) < 4.78 is 7.04. The lowest BCUT2D eigenvalue weighted by atomic mass is 9.99. The number of aryl methyl sites for hydroxylation is 1. The number of amides is 1. The van der Waals surface area contributed by atoms with Crippen molar-refractivity contribution < 1.29 is 9.32 Å². The summed E-state index contributed by atoms with van der Waals surface area (Å²) in [4.78, 5) is 14.7. The van der Waals surface area contributed by atoms with Crippen LogP contribution in [0.2, 0.25) is 0 Å². The lowest BCUT2D eigenvalue weighted by Gasteiger charge is -2.34. The quantitative estimate of drug-likeness (QED) is 0.874. The number of carbonyl (C=O) groups is 1. The predicted molar refractivity (Wildman–Crippen MR) is 81.4 cm³/mol. The van der Waals surface area contributed by atoms with Gasteiger partial charge in [0.15, 0.2) is 5.69 Å². The second kappa shape index (κ2) is 5.94. The molecule has 1 atom stereocenters. The summed E-state index contributed by atoms with van der Waals surface area (Å²) in [5.41, 5.74) is 1.34. The molecule has 1 fully saturated rings. The number of hydrogen-bond acceptors (Lipinski definition) is 4. The topological polar surface area (TPSA) is 64.2 Å². The van der Waals surface area contributed by atoms with Crippen LogP contribution in [-0.2, 0) is 7.05 Å². The van der Waals surface area contributed by atoms with E-state index < -0.39 is 0 Å². The third kappa shape index (κ3) is 2.77. The first-order chi connectivity index (χ1) is 10.6. The highest BCUT2D eigenvalue weighted by molar-refractivity contribution is 5.92. The molecule has 1 aliphatic heterocycles. The molecule has 22 heavy (non-hydrogen) atoms. The van der Waals surface area contributed by atoms with Crippen molar-refractivity contribution in [1.29, 1.82) is 0 Å². The van der Waals surface area contributed by atoms with Gasteiger partial charge in [0.2, 0.25) is 0 Å². The predicted octanol–water partition coefficient (Wildman–Crippen LogP) is 2.90. The zero-order valence-electron chi connectivity index (χ0n) is 13.3. The molecule has 0 bridgehead atoms. The van der Waals surface area contributed by atoms with Crippen LogP contribution in [0.25, 0.3) is 0 Å². The van der Waals surface area contributed by atoms with Crippen molar-refractivity contribution in [2.75, 3.05) is 6.54 Å². The Balaban J connectivity index is 1.84. The molecule has 118 valence electrons. The Morgan fingerprint density at radius 2 is 2.23 bits per heavy atom. The molecule has 0 spiro atoms. The standard InChI is InChI=1S/C16H22N4O2/c1-11(2)15-10-13(18-22-15)16(21)20-8-5-4-6-14(20)12-7-9-19(3)17-12/h7,9-11,14H,4-6,8H2,1-3H3. The summed E-state index contributed by atoms with van der Waals surface area (Å²) in [5, 5.41) is 8.43. The van der Waals surface area contributed by atoms with E-state index in [-0.39, 0.29) is 17.9 Å². The number of likely N-dealkylation sites (tertiary alicyclic amines) is 1. The second-order valence-corrected chi connectivity index (χ2v) is 6.19. The number of carbonyl (C=O) groups excluding carboxylic acids is 1. The molecule has 2 aromatic heterocycles. The highest BCUT2D eigenvalue weighted by Gasteiger charge is 2.31. The highest BCUT2D eigenvalue weighted by Crippen LogP contribution is 2.31. The van der Waals surface area contributed by atoms with Crippen LogP contribution in [-0.4, -0.2) is 32.3 Å². The van der Waals surface area contributed by atoms with Crippen LogP contribution in [0.1, 0.15) is 67.0 Å². The fourth-order valence-electron chi connectivity index (χ4n) is 2.90. The van der Waals surface area contributed by atoms with Crippen LogP contribution in [0.5, 0.6) is 0 Å². The molecular weight excluding hydrogens is 280 g/mol. The Kier molecular flexibility index (Phi) is 4.00. The number of rotatable bonds is 3.